The molecule has 0 spiro atoms. The molecule has 20 heavy (non-hydrogen) atoms. The smallest absolute Gasteiger partial charge is 0.107 e. The Kier molecular flexibility index (Phi) is 6.11. The lowest BCUT2D eigenvalue weighted by atomic mass is 10.0. The molecule has 1 nitrogen and oxygen atoms in total. The van der Waals surface area contributed by atoms with E-state index in [0.717, 1.165) is 26.2 Å². The van der Waals surface area contributed by atoms with Crippen LogP contribution in [0.1, 0.15) is 35.4 Å². The molecule has 0 saturated carbocycles. The zero-order chi connectivity index (χ0) is 14.7. The molecule has 0 fully saturated rings. The second kappa shape index (κ2) is 7.41. The molecule has 1 heterocycles. The fourth-order valence-corrected chi connectivity index (χ4v) is 4.57. The van der Waals surface area contributed by atoms with E-state index in [0.29, 0.717) is 0 Å². The molecule has 1 unspecified atom stereocenters. The summed E-state index contributed by atoms with van der Waals surface area (Å²) in [5.74, 6) is 0. The summed E-state index contributed by atoms with van der Waals surface area (Å²) in [6.45, 7) is 5.26. The minimum atomic E-state index is 0.181. The maximum absolute atomic E-state index is 6.19. The van der Waals surface area contributed by atoms with E-state index in [1.54, 1.807) is 11.3 Å². The third kappa shape index (κ3) is 4.08. The van der Waals surface area contributed by atoms with Gasteiger partial charge in [-0.2, -0.15) is 0 Å². The fourth-order valence-electron chi connectivity index (χ4n) is 2.11. The molecule has 1 N–H and O–H groups in total. The van der Waals surface area contributed by atoms with Crippen LogP contribution in [0.4, 0.5) is 0 Å². The van der Waals surface area contributed by atoms with Gasteiger partial charge >= 0.3 is 0 Å². The van der Waals surface area contributed by atoms with Crippen LogP contribution in [0.15, 0.2) is 33.2 Å². The highest BCUT2D eigenvalue weighted by Crippen LogP contribution is 2.38. The molecule has 108 valence electrons. The number of nitrogens with one attached hydrogen (secondary N) is 1. The van der Waals surface area contributed by atoms with Gasteiger partial charge in [0.25, 0.3) is 0 Å². The number of aryl methyl sites for hydroxylation is 1. The van der Waals surface area contributed by atoms with Gasteiger partial charge in [0.2, 0.25) is 0 Å². The lowest BCUT2D eigenvalue weighted by Crippen LogP contribution is -2.22. The fraction of sp³-hybridized carbons (Fsp3) is 0.333. The van der Waals surface area contributed by atoms with Crippen molar-refractivity contribution in [2.75, 3.05) is 6.54 Å². The van der Waals surface area contributed by atoms with Crippen LogP contribution in [0.25, 0.3) is 0 Å². The average molecular weight is 438 g/mol. The summed E-state index contributed by atoms with van der Waals surface area (Å²) in [5, 5.41) is 3.61. The molecule has 0 saturated heterocycles. The van der Waals surface area contributed by atoms with Crippen molar-refractivity contribution in [3.63, 3.8) is 0 Å². The Morgan fingerprint density at radius 2 is 2.00 bits per heavy atom. The Bertz CT molecular complexity index is 558. The number of hydrogen-bond donors (Lipinski definition) is 1. The summed E-state index contributed by atoms with van der Waals surface area (Å²) in [4.78, 5) is 1.23. The summed E-state index contributed by atoms with van der Waals surface area (Å²) < 4.78 is 2.88. The highest BCUT2D eigenvalue weighted by molar-refractivity contribution is 9.10. The lowest BCUT2D eigenvalue weighted by Gasteiger charge is -2.18. The molecule has 0 bridgehead atoms. The first kappa shape index (κ1) is 16.5. The molecule has 0 amide bonds. The number of thiophene rings is 1. The highest BCUT2D eigenvalue weighted by atomic mass is 79.9. The second-order valence-electron chi connectivity index (χ2n) is 4.72. The molecule has 1 aromatic heterocycles. The van der Waals surface area contributed by atoms with Gasteiger partial charge in [0, 0.05) is 13.8 Å². The van der Waals surface area contributed by atoms with Gasteiger partial charge in [0.15, 0.2) is 0 Å². The van der Waals surface area contributed by atoms with Gasteiger partial charge in [-0.05, 0) is 65.1 Å². The molecule has 2 rings (SSSR count). The third-order valence-corrected chi connectivity index (χ3v) is 5.94. The Hall–Kier alpha value is 0.130. The van der Waals surface area contributed by atoms with Gasteiger partial charge in [-0.3, -0.25) is 0 Å². The van der Waals surface area contributed by atoms with Crippen LogP contribution in [0, 0.1) is 6.92 Å². The van der Waals surface area contributed by atoms with Crippen molar-refractivity contribution in [3.8, 4) is 0 Å². The second-order valence-corrected chi connectivity index (χ2v) is 8.18. The van der Waals surface area contributed by atoms with Crippen LogP contribution in [-0.2, 0) is 0 Å². The van der Waals surface area contributed by atoms with Crippen LogP contribution in [0.2, 0.25) is 4.34 Å². The van der Waals surface area contributed by atoms with E-state index < -0.39 is 0 Å². The molecule has 0 aliphatic heterocycles. The Labute approximate surface area is 146 Å². The molecule has 0 aliphatic rings. The monoisotopic (exact) mass is 435 g/mol. The predicted octanol–water partition coefficient (Wildman–Crippen LogP) is 6.32. The largest absolute Gasteiger partial charge is 0.306 e. The third-order valence-electron chi connectivity index (χ3n) is 2.94. The van der Waals surface area contributed by atoms with Crippen LogP contribution < -0.4 is 5.32 Å². The molecule has 2 aromatic rings. The molecule has 0 radical (unpaired) electrons. The SMILES string of the molecule is CCCNC(c1cc(C)cc(Br)c1)c1cc(Br)c(Cl)s1. The van der Waals surface area contributed by atoms with Crippen LogP contribution in [-0.4, -0.2) is 6.54 Å². The van der Waals surface area contributed by atoms with Gasteiger partial charge < -0.3 is 5.32 Å². The minimum Gasteiger partial charge on any atom is -0.306 e. The van der Waals surface area contributed by atoms with Crippen LogP contribution in [0.5, 0.6) is 0 Å². The quantitative estimate of drug-likeness (QED) is 0.577. The summed E-state index contributed by atoms with van der Waals surface area (Å²) in [7, 11) is 0. The zero-order valence-corrected chi connectivity index (χ0v) is 16.1. The first-order chi connectivity index (χ1) is 9.51. The van der Waals surface area contributed by atoms with E-state index in [1.807, 2.05) is 0 Å². The number of rotatable bonds is 5. The standard InChI is InChI=1S/C15H16Br2ClNS/c1-3-4-19-14(13-8-12(17)15(18)20-13)10-5-9(2)6-11(16)7-10/h5-8,14,19H,3-4H2,1-2H3. The highest BCUT2D eigenvalue weighted by Gasteiger charge is 2.18. The topological polar surface area (TPSA) is 12.0 Å². The molecule has 1 atom stereocenters. The lowest BCUT2D eigenvalue weighted by molar-refractivity contribution is 0.605. The van der Waals surface area contributed by atoms with Gasteiger partial charge in [0.05, 0.1) is 6.04 Å². The van der Waals surface area contributed by atoms with E-state index >= 15 is 0 Å². The molecule has 5 heteroatoms. The van der Waals surface area contributed by atoms with Gasteiger partial charge in [-0.1, -0.05) is 40.5 Å². The molecular weight excluding hydrogens is 422 g/mol. The summed E-state index contributed by atoms with van der Waals surface area (Å²) >= 11 is 14.9. The molecule has 0 aliphatic carbocycles. The van der Waals surface area contributed by atoms with Crippen LogP contribution in [0.3, 0.4) is 0 Å². The molecule has 1 aromatic carbocycles. The normalized spacial score (nSPS) is 12.7. The van der Waals surface area contributed by atoms with E-state index in [-0.39, 0.29) is 6.04 Å². The Morgan fingerprint density at radius 3 is 2.55 bits per heavy atom. The Morgan fingerprint density at radius 1 is 1.25 bits per heavy atom. The maximum atomic E-state index is 6.19. The predicted molar refractivity (Wildman–Crippen MR) is 96.0 cm³/mol. The van der Waals surface area contributed by atoms with Crippen molar-refractivity contribution >= 4 is 54.8 Å². The number of halogens is 3. The first-order valence-corrected chi connectivity index (χ1v) is 9.24. The summed E-state index contributed by atoms with van der Waals surface area (Å²) in [6.07, 6.45) is 1.10. The van der Waals surface area contributed by atoms with Crippen molar-refractivity contribution in [1.82, 2.24) is 5.32 Å². The first-order valence-electron chi connectivity index (χ1n) is 6.46. The van der Waals surface area contributed by atoms with Crippen molar-refractivity contribution in [2.24, 2.45) is 0 Å². The maximum Gasteiger partial charge on any atom is 0.107 e. The minimum absolute atomic E-state index is 0.181. The summed E-state index contributed by atoms with van der Waals surface area (Å²) in [5.41, 5.74) is 2.51. The van der Waals surface area contributed by atoms with E-state index in [9.17, 15) is 0 Å². The van der Waals surface area contributed by atoms with E-state index in [2.05, 4.69) is 75.3 Å². The van der Waals surface area contributed by atoms with Crippen molar-refractivity contribution in [3.05, 3.63) is 53.6 Å². The van der Waals surface area contributed by atoms with Crippen LogP contribution >= 0.6 is 54.8 Å². The van der Waals surface area contributed by atoms with Crippen molar-refractivity contribution in [1.29, 1.82) is 0 Å². The number of hydrogen-bond acceptors (Lipinski definition) is 2. The molecular formula is C15H16Br2ClNS. The number of benzene rings is 1. The summed E-state index contributed by atoms with van der Waals surface area (Å²) in [6, 6.07) is 8.80. The Balaban J connectivity index is 2.40. The van der Waals surface area contributed by atoms with E-state index in [1.165, 1.54) is 16.0 Å². The van der Waals surface area contributed by atoms with Gasteiger partial charge in [-0.15, -0.1) is 11.3 Å². The van der Waals surface area contributed by atoms with Crippen molar-refractivity contribution in [2.45, 2.75) is 26.3 Å². The zero-order valence-electron chi connectivity index (χ0n) is 11.3. The van der Waals surface area contributed by atoms with Gasteiger partial charge in [0.1, 0.15) is 4.34 Å². The average Bonchev–Trinajstić information content (AvgIpc) is 2.69. The van der Waals surface area contributed by atoms with E-state index in [4.69, 9.17) is 11.6 Å². The van der Waals surface area contributed by atoms with Gasteiger partial charge in [-0.25, -0.2) is 0 Å². The van der Waals surface area contributed by atoms with Crippen molar-refractivity contribution < 1.29 is 0 Å².